The van der Waals surface area contributed by atoms with Crippen molar-refractivity contribution in [3.05, 3.63) is 77.4 Å². The molecule has 0 fully saturated rings. The maximum absolute atomic E-state index is 11.2. The van der Waals surface area contributed by atoms with Crippen molar-refractivity contribution >= 4 is 6.29 Å². The molecule has 0 radical (unpaired) electrons. The number of carbonyl (C=O) groups excluding carboxylic acids is 1. The number of carbonyl (C=O) groups is 1. The van der Waals surface area contributed by atoms with E-state index in [0.717, 1.165) is 23.0 Å². The van der Waals surface area contributed by atoms with E-state index in [1.165, 1.54) is 0 Å². The molecule has 20 heavy (non-hydrogen) atoms. The SMILES string of the molecule is C=CCc1cc(C)cc(C=O)c1OCc1ccccc1. The van der Waals surface area contributed by atoms with Crippen molar-refractivity contribution in [2.24, 2.45) is 0 Å². The van der Waals surface area contributed by atoms with Gasteiger partial charge in [0.25, 0.3) is 0 Å². The maximum Gasteiger partial charge on any atom is 0.153 e. The van der Waals surface area contributed by atoms with Crippen molar-refractivity contribution in [1.82, 2.24) is 0 Å². The first-order chi connectivity index (χ1) is 9.74. The highest BCUT2D eigenvalue weighted by molar-refractivity contribution is 5.80. The second-order valence-corrected chi connectivity index (χ2v) is 4.73. The van der Waals surface area contributed by atoms with Gasteiger partial charge in [-0.1, -0.05) is 42.5 Å². The van der Waals surface area contributed by atoms with Gasteiger partial charge in [0.1, 0.15) is 12.4 Å². The zero-order valence-electron chi connectivity index (χ0n) is 11.6. The van der Waals surface area contributed by atoms with Crippen LogP contribution in [0.2, 0.25) is 0 Å². The van der Waals surface area contributed by atoms with E-state index in [-0.39, 0.29) is 0 Å². The van der Waals surface area contributed by atoms with Crippen molar-refractivity contribution in [2.45, 2.75) is 20.0 Å². The predicted molar refractivity (Wildman–Crippen MR) is 81.2 cm³/mol. The minimum Gasteiger partial charge on any atom is -0.488 e. The summed E-state index contributed by atoms with van der Waals surface area (Å²) < 4.78 is 5.87. The van der Waals surface area contributed by atoms with Gasteiger partial charge in [-0.05, 0) is 36.1 Å². The van der Waals surface area contributed by atoms with E-state index in [1.807, 2.05) is 55.5 Å². The lowest BCUT2D eigenvalue weighted by atomic mass is 10.0. The van der Waals surface area contributed by atoms with Gasteiger partial charge in [0.2, 0.25) is 0 Å². The molecule has 0 unspecified atom stereocenters. The predicted octanol–water partition coefficient (Wildman–Crippen LogP) is 4.12. The molecule has 0 aliphatic heterocycles. The number of ether oxygens (including phenoxy) is 1. The van der Waals surface area contributed by atoms with E-state index in [2.05, 4.69) is 6.58 Å². The van der Waals surface area contributed by atoms with Crippen LogP contribution in [0.3, 0.4) is 0 Å². The van der Waals surface area contributed by atoms with Crippen LogP contribution < -0.4 is 4.74 Å². The molecular weight excluding hydrogens is 248 g/mol. The second-order valence-electron chi connectivity index (χ2n) is 4.73. The Morgan fingerprint density at radius 2 is 1.95 bits per heavy atom. The third-order valence-corrected chi connectivity index (χ3v) is 3.06. The Bertz CT molecular complexity index is 600. The average molecular weight is 266 g/mol. The third-order valence-electron chi connectivity index (χ3n) is 3.06. The van der Waals surface area contributed by atoms with Gasteiger partial charge in [-0.15, -0.1) is 6.58 Å². The number of allylic oxidation sites excluding steroid dienone is 1. The van der Waals surface area contributed by atoms with Crippen molar-refractivity contribution in [2.75, 3.05) is 0 Å². The summed E-state index contributed by atoms with van der Waals surface area (Å²) in [6.45, 7) is 6.18. The summed E-state index contributed by atoms with van der Waals surface area (Å²) in [6.07, 6.45) is 3.35. The normalized spacial score (nSPS) is 10.1. The summed E-state index contributed by atoms with van der Waals surface area (Å²) in [5, 5.41) is 0. The van der Waals surface area contributed by atoms with Crippen LogP contribution >= 0.6 is 0 Å². The summed E-state index contributed by atoms with van der Waals surface area (Å²) in [6, 6.07) is 13.8. The van der Waals surface area contributed by atoms with E-state index < -0.39 is 0 Å². The molecule has 0 spiro atoms. The molecule has 2 rings (SSSR count). The molecule has 0 saturated carbocycles. The number of hydrogen-bond donors (Lipinski definition) is 0. The first-order valence-electron chi connectivity index (χ1n) is 6.61. The van der Waals surface area contributed by atoms with Gasteiger partial charge in [-0.2, -0.15) is 0 Å². The number of aldehydes is 1. The largest absolute Gasteiger partial charge is 0.488 e. The molecule has 2 heteroatoms. The van der Waals surface area contributed by atoms with Crippen LogP contribution in [0.15, 0.2) is 55.1 Å². The Hall–Kier alpha value is -2.35. The average Bonchev–Trinajstić information content (AvgIpc) is 2.47. The zero-order valence-corrected chi connectivity index (χ0v) is 11.6. The number of benzene rings is 2. The Labute approximate surface area is 119 Å². The van der Waals surface area contributed by atoms with Crippen LogP contribution in [0.4, 0.5) is 0 Å². The number of rotatable bonds is 6. The van der Waals surface area contributed by atoms with E-state index in [9.17, 15) is 4.79 Å². The van der Waals surface area contributed by atoms with Crippen molar-refractivity contribution in [1.29, 1.82) is 0 Å². The molecule has 0 aromatic heterocycles. The lowest BCUT2D eigenvalue weighted by Gasteiger charge is -2.14. The molecule has 0 N–H and O–H groups in total. The highest BCUT2D eigenvalue weighted by Crippen LogP contribution is 2.26. The molecule has 2 nitrogen and oxygen atoms in total. The van der Waals surface area contributed by atoms with Gasteiger partial charge in [0.15, 0.2) is 6.29 Å². The van der Waals surface area contributed by atoms with E-state index in [1.54, 1.807) is 0 Å². The lowest BCUT2D eigenvalue weighted by molar-refractivity contribution is 0.111. The highest BCUT2D eigenvalue weighted by Gasteiger charge is 2.10. The first kappa shape index (κ1) is 14.1. The molecule has 0 heterocycles. The Balaban J connectivity index is 2.28. The fourth-order valence-corrected chi connectivity index (χ4v) is 2.18. The van der Waals surface area contributed by atoms with Crippen LogP contribution in [-0.4, -0.2) is 6.29 Å². The Kier molecular flexibility index (Phi) is 4.72. The molecule has 0 amide bonds. The second kappa shape index (κ2) is 6.71. The molecule has 2 aromatic rings. The van der Waals surface area contributed by atoms with Crippen LogP contribution in [-0.2, 0) is 13.0 Å². The molecule has 0 atom stereocenters. The van der Waals surface area contributed by atoms with Crippen LogP contribution in [0, 0.1) is 6.92 Å². The molecule has 0 aliphatic rings. The van der Waals surface area contributed by atoms with Gasteiger partial charge in [-0.3, -0.25) is 4.79 Å². The van der Waals surface area contributed by atoms with Crippen molar-refractivity contribution in [3.63, 3.8) is 0 Å². The molecule has 0 saturated heterocycles. The quantitative estimate of drug-likeness (QED) is 0.581. The minimum atomic E-state index is 0.453. The van der Waals surface area contributed by atoms with E-state index in [4.69, 9.17) is 4.74 Å². The summed E-state index contributed by atoms with van der Waals surface area (Å²) >= 11 is 0. The standard InChI is InChI=1S/C18H18O2/c1-3-7-16-10-14(2)11-17(12-19)18(16)20-13-15-8-5-4-6-9-15/h3-6,8-12H,1,7,13H2,2H3. The fourth-order valence-electron chi connectivity index (χ4n) is 2.18. The molecule has 2 aromatic carbocycles. The van der Waals surface area contributed by atoms with Gasteiger partial charge in [-0.25, -0.2) is 0 Å². The zero-order chi connectivity index (χ0) is 14.4. The van der Waals surface area contributed by atoms with E-state index in [0.29, 0.717) is 24.3 Å². The summed E-state index contributed by atoms with van der Waals surface area (Å²) in [7, 11) is 0. The molecule has 102 valence electrons. The molecular formula is C18H18O2. The van der Waals surface area contributed by atoms with Crippen molar-refractivity contribution < 1.29 is 9.53 Å². The summed E-state index contributed by atoms with van der Waals surface area (Å²) in [5.74, 6) is 0.661. The van der Waals surface area contributed by atoms with Gasteiger partial charge in [0, 0.05) is 0 Å². The van der Waals surface area contributed by atoms with E-state index >= 15 is 0 Å². The molecule has 0 aliphatic carbocycles. The number of hydrogen-bond acceptors (Lipinski definition) is 2. The fraction of sp³-hybridized carbons (Fsp3) is 0.167. The smallest absolute Gasteiger partial charge is 0.153 e. The minimum absolute atomic E-state index is 0.453. The number of aryl methyl sites for hydroxylation is 1. The maximum atomic E-state index is 11.2. The van der Waals surface area contributed by atoms with Gasteiger partial charge in [0.05, 0.1) is 5.56 Å². The first-order valence-corrected chi connectivity index (χ1v) is 6.61. The van der Waals surface area contributed by atoms with Crippen molar-refractivity contribution in [3.8, 4) is 5.75 Å². The monoisotopic (exact) mass is 266 g/mol. The molecule has 0 bridgehead atoms. The van der Waals surface area contributed by atoms with Crippen LogP contribution in [0.25, 0.3) is 0 Å². The van der Waals surface area contributed by atoms with Crippen LogP contribution in [0.1, 0.15) is 27.0 Å². The third kappa shape index (κ3) is 3.35. The summed E-state index contributed by atoms with van der Waals surface area (Å²) in [4.78, 5) is 11.2. The Morgan fingerprint density at radius 1 is 1.20 bits per heavy atom. The lowest BCUT2D eigenvalue weighted by Crippen LogP contribution is -2.02. The highest BCUT2D eigenvalue weighted by atomic mass is 16.5. The topological polar surface area (TPSA) is 26.3 Å². The summed E-state index contributed by atoms with van der Waals surface area (Å²) in [5.41, 5.74) is 3.72. The van der Waals surface area contributed by atoms with Crippen LogP contribution in [0.5, 0.6) is 5.75 Å². The Morgan fingerprint density at radius 3 is 2.60 bits per heavy atom. The van der Waals surface area contributed by atoms with Gasteiger partial charge < -0.3 is 4.74 Å². The van der Waals surface area contributed by atoms with Gasteiger partial charge >= 0.3 is 0 Å².